The van der Waals surface area contributed by atoms with Crippen LogP contribution in [0.25, 0.3) is 0 Å². The van der Waals surface area contributed by atoms with Gasteiger partial charge in [0, 0.05) is 18.5 Å². The van der Waals surface area contributed by atoms with Crippen molar-refractivity contribution in [2.24, 2.45) is 11.7 Å². The number of hydrogen-bond donors (Lipinski definition) is 2. The van der Waals surface area contributed by atoms with Gasteiger partial charge in [-0.25, -0.2) is 0 Å². The molecule has 0 radical (unpaired) electrons. The van der Waals surface area contributed by atoms with E-state index in [-0.39, 0.29) is 18.0 Å². The van der Waals surface area contributed by atoms with Gasteiger partial charge in [-0.3, -0.25) is 4.79 Å². The van der Waals surface area contributed by atoms with E-state index >= 15 is 0 Å². The van der Waals surface area contributed by atoms with Crippen molar-refractivity contribution in [3.63, 3.8) is 0 Å². The fourth-order valence-corrected chi connectivity index (χ4v) is 1.36. The van der Waals surface area contributed by atoms with Crippen molar-refractivity contribution < 1.29 is 4.79 Å². The monoisotopic (exact) mass is 214 g/mol. The van der Waals surface area contributed by atoms with Gasteiger partial charge in [0.05, 0.1) is 0 Å². The van der Waals surface area contributed by atoms with Crippen molar-refractivity contribution in [2.45, 2.75) is 65.5 Å². The first-order valence-corrected chi connectivity index (χ1v) is 5.96. The fraction of sp³-hybridized carbons (Fsp3) is 0.917. The molecule has 0 aromatic rings. The van der Waals surface area contributed by atoms with Crippen LogP contribution in [0.5, 0.6) is 0 Å². The normalized spacial score (nSPS) is 15.1. The molecule has 0 bridgehead atoms. The van der Waals surface area contributed by atoms with E-state index in [1.54, 1.807) is 0 Å². The summed E-state index contributed by atoms with van der Waals surface area (Å²) in [5.74, 6) is 0.831. The van der Waals surface area contributed by atoms with Gasteiger partial charge in [-0.2, -0.15) is 0 Å². The number of nitrogens with one attached hydrogen (secondary N) is 1. The van der Waals surface area contributed by atoms with Crippen LogP contribution in [0.1, 0.15) is 53.4 Å². The third-order valence-electron chi connectivity index (χ3n) is 2.41. The summed E-state index contributed by atoms with van der Waals surface area (Å²) in [5, 5.41) is 3.00. The highest BCUT2D eigenvalue weighted by molar-refractivity contribution is 5.76. The molecule has 3 N–H and O–H groups in total. The second-order valence-corrected chi connectivity index (χ2v) is 4.96. The molecule has 0 heterocycles. The Morgan fingerprint density at radius 2 is 1.73 bits per heavy atom. The van der Waals surface area contributed by atoms with Gasteiger partial charge < -0.3 is 11.1 Å². The Balaban J connectivity index is 3.57. The minimum absolute atomic E-state index is 0.113. The van der Waals surface area contributed by atoms with Gasteiger partial charge in [0.1, 0.15) is 0 Å². The number of nitrogens with two attached hydrogens (primary N) is 1. The smallest absolute Gasteiger partial charge is 0.220 e. The molecule has 2 atom stereocenters. The third kappa shape index (κ3) is 9.73. The average molecular weight is 214 g/mol. The molecule has 0 rings (SSSR count). The quantitative estimate of drug-likeness (QED) is 0.681. The zero-order chi connectivity index (χ0) is 11.8. The van der Waals surface area contributed by atoms with E-state index in [4.69, 9.17) is 5.73 Å². The van der Waals surface area contributed by atoms with E-state index in [2.05, 4.69) is 26.1 Å². The minimum Gasteiger partial charge on any atom is -0.354 e. The molecule has 0 spiro atoms. The molecule has 90 valence electrons. The lowest BCUT2D eigenvalue weighted by atomic mass is 10.0. The van der Waals surface area contributed by atoms with Crippen molar-refractivity contribution in [2.75, 3.05) is 0 Å². The molecule has 3 nitrogen and oxygen atoms in total. The maximum absolute atomic E-state index is 11.4. The summed E-state index contributed by atoms with van der Waals surface area (Å²) in [6.45, 7) is 8.39. The molecule has 0 aromatic heterocycles. The maximum atomic E-state index is 11.4. The topological polar surface area (TPSA) is 55.1 Å². The zero-order valence-electron chi connectivity index (χ0n) is 10.5. The molecule has 0 aliphatic carbocycles. The second-order valence-electron chi connectivity index (χ2n) is 4.96. The van der Waals surface area contributed by atoms with Gasteiger partial charge in [0.25, 0.3) is 0 Å². The van der Waals surface area contributed by atoms with E-state index in [0.717, 1.165) is 19.3 Å². The number of rotatable bonds is 7. The standard InChI is InChI=1S/C12H26N2O/c1-9(2)5-7-11(4)14-12(15)8-6-10(3)13/h9-11H,5-8,13H2,1-4H3,(H,14,15). The lowest BCUT2D eigenvalue weighted by Gasteiger charge is -2.15. The highest BCUT2D eigenvalue weighted by atomic mass is 16.1. The average Bonchev–Trinajstić information content (AvgIpc) is 2.11. The molecule has 2 unspecified atom stereocenters. The fourth-order valence-electron chi connectivity index (χ4n) is 1.36. The van der Waals surface area contributed by atoms with Crippen LogP contribution in [0.4, 0.5) is 0 Å². The summed E-state index contributed by atoms with van der Waals surface area (Å²) in [6, 6.07) is 0.398. The zero-order valence-corrected chi connectivity index (χ0v) is 10.5. The van der Waals surface area contributed by atoms with Crippen LogP contribution in [0.2, 0.25) is 0 Å². The summed E-state index contributed by atoms with van der Waals surface area (Å²) >= 11 is 0. The molecule has 3 heteroatoms. The van der Waals surface area contributed by atoms with E-state index in [9.17, 15) is 4.79 Å². The van der Waals surface area contributed by atoms with Crippen molar-refractivity contribution >= 4 is 5.91 Å². The van der Waals surface area contributed by atoms with Gasteiger partial charge in [0.15, 0.2) is 0 Å². The van der Waals surface area contributed by atoms with Crippen LogP contribution in [-0.4, -0.2) is 18.0 Å². The van der Waals surface area contributed by atoms with Crippen LogP contribution in [-0.2, 0) is 4.79 Å². The third-order valence-corrected chi connectivity index (χ3v) is 2.41. The lowest BCUT2D eigenvalue weighted by Crippen LogP contribution is -2.33. The van der Waals surface area contributed by atoms with E-state index in [0.29, 0.717) is 12.3 Å². The molecule has 0 aliphatic heterocycles. The van der Waals surface area contributed by atoms with E-state index in [1.165, 1.54) is 0 Å². The Morgan fingerprint density at radius 1 is 1.13 bits per heavy atom. The molecule has 0 saturated heterocycles. The van der Waals surface area contributed by atoms with Crippen LogP contribution >= 0.6 is 0 Å². The SMILES string of the molecule is CC(C)CCC(C)NC(=O)CCC(C)N. The largest absolute Gasteiger partial charge is 0.354 e. The van der Waals surface area contributed by atoms with Crippen molar-refractivity contribution in [3.05, 3.63) is 0 Å². The van der Waals surface area contributed by atoms with Gasteiger partial charge in [-0.1, -0.05) is 13.8 Å². The number of carbonyl (C=O) groups excluding carboxylic acids is 1. The van der Waals surface area contributed by atoms with Crippen LogP contribution in [0.3, 0.4) is 0 Å². The lowest BCUT2D eigenvalue weighted by molar-refractivity contribution is -0.121. The molecule has 0 aliphatic rings. The predicted octanol–water partition coefficient (Wildman–Crippen LogP) is 2.05. The molecule has 1 amide bonds. The van der Waals surface area contributed by atoms with Crippen LogP contribution < -0.4 is 11.1 Å². The van der Waals surface area contributed by atoms with Gasteiger partial charge in [-0.15, -0.1) is 0 Å². The highest BCUT2D eigenvalue weighted by Gasteiger charge is 2.08. The Labute approximate surface area is 93.8 Å². The molecular formula is C12H26N2O. The Hall–Kier alpha value is -0.570. The molecule has 0 aromatic carbocycles. The van der Waals surface area contributed by atoms with Crippen molar-refractivity contribution in [1.29, 1.82) is 0 Å². The maximum Gasteiger partial charge on any atom is 0.220 e. The van der Waals surface area contributed by atoms with Crippen molar-refractivity contribution in [3.8, 4) is 0 Å². The Kier molecular flexibility index (Phi) is 7.39. The first kappa shape index (κ1) is 14.4. The summed E-state index contributed by atoms with van der Waals surface area (Å²) < 4.78 is 0. The highest BCUT2D eigenvalue weighted by Crippen LogP contribution is 2.06. The van der Waals surface area contributed by atoms with Crippen molar-refractivity contribution in [1.82, 2.24) is 5.32 Å². The number of carbonyl (C=O) groups is 1. The van der Waals surface area contributed by atoms with Gasteiger partial charge in [0.2, 0.25) is 5.91 Å². The van der Waals surface area contributed by atoms with E-state index < -0.39 is 0 Å². The Morgan fingerprint density at radius 3 is 2.20 bits per heavy atom. The van der Waals surface area contributed by atoms with Crippen LogP contribution in [0, 0.1) is 5.92 Å². The molecule has 15 heavy (non-hydrogen) atoms. The minimum atomic E-state index is 0.113. The number of amides is 1. The summed E-state index contributed by atoms with van der Waals surface area (Å²) in [4.78, 5) is 11.4. The van der Waals surface area contributed by atoms with Crippen LogP contribution in [0.15, 0.2) is 0 Å². The molecule has 0 fully saturated rings. The summed E-state index contributed by atoms with van der Waals surface area (Å²) in [6.07, 6.45) is 3.53. The molecule has 0 saturated carbocycles. The summed E-state index contributed by atoms with van der Waals surface area (Å²) in [7, 11) is 0. The summed E-state index contributed by atoms with van der Waals surface area (Å²) in [5.41, 5.74) is 5.59. The second kappa shape index (κ2) is 7.69. The van der Waals surface area contributed by atoms with E-state index in [1.807, 2.05) is 6.92 Å². The Bertz CT molecular complexity index is 178. The van der Waals surface area contributed by atoms with Gasteiger partial charge >= 0.3 is 0 Å². The first-order valence-electron chi connectivity index (χ1n) is 5.96. The predicted molar refractivity (Wildman–Crippen MR) is 64.6 cm³/mol. The molecular weight excluding hydrogens is 188 g/mol. The van der Waals surface area contributed by atoms with Gasteiger partial charge in [-0.05, 0) is 39.0 Å². The number of hydrogen-bond acceptors (Lipinski definition) is 2. The first-order chi connectivity index (χ1) is 6.91.